The molecule has 7 aromatic rings. The van der Waals surface area contributed by atoms with Crippen molar-refractivity contribution in [2.45, 2.75) is 26.2 Å². The van der Waals surface area contributed by atoms with Crippen LogP contribution in [0.1, 0.15) is 30.4 Å². The average molecular weight is 591 g/mol. The molecule has 1 aliphatic heterocycles. The molecule has 0 amide bonds. The monoisotopic (exact) mass is 590 g/mol. The first kappa shape index (κ1) is 23.7. The van der Waals surface area contributed by atoms with Gasteiger partial charge in [-0.3, -0.25) is 4.57 Å². The Kier molecular flexibility index (Phi) is 5.37. The van der Waals surface area contributed by atoms with Gasteiger partial charge in [-0.05, 0) is 59.5 Å². The number of hydrogen-bond donors (Lipinski definition) is 0. The minimum atomic E-state index is -2.30. The fraction of sp³-hybridized carbons (Fsp3) is 0.128. The zero-order valence-corrected chi connectivity index (χ0v) is 25.3. The molecule has 3 aromatic heterocycles. The fourth-order valence-electron chi connectivity index (χ4n) is 6.16. The summed E-state index contributed by atoms with van der Waals surface area (Å²) in [5.74, 6) is 2.12. The second-order valence-corrected chi connectivity index (χ2v) is 12.3. The maximum atomic E-state index is 7.68. The van der Waals surface area contributed by atoms with Crippen molar-refractivity contribution in [2.24, 2.45) is 0 Å². The van der Waals surface area contributed by atoms with E-state index in [1.807, 2.05) is 42.6 Å². The molecule has 45 heavy (non-hydrogen) atoms. The summed E-state index contributed by atoms with van der Waals surface area (Å²) < 4.78 is 36.8. The second-order valence-electron chi connectivity index (χ2n) is 12.3. The lowest BCUT2D eigenvalue weighted by Crippen LogP contribution is -2.12. The molecule has 0 unspecified atom stereocenters. The molecule has 0 N–H and O–H groups in total. The quantitative estimate of drug-likeness (QED) is 0.188. The molecule has 218 valence electrons. The zero-order valence-electron chi connectivity index (χ0n) is 28.3. The summed E-state index contributed by atoms with van der Waals surface area (Å²) in [5.41, 5.74) is 7.22. The molecule has 0 radical (unpaired) electrons. The fourth-order valence-corrected chi connectivity index (χ4v) is 6.16. The molecule has 0 spiro atoms. The zero-order chi connectivity index (χ0) is 33.2. The smallest absolute Gasteiger partial charge is 0.457 e. The largest absolute Gasteiger partial charge is 0.495 e. The molecule has 0 bridgehead atoms. The van der Waals surface area contributed by atoms with Crippen LogP contribution in [-0.2, 0) is 5.41 Å². The minimum absolute atomic E-state index is 0.0585. The topological polar surface area (TPSA) is 38.0 Å². The lowest BCUT2D eigenvalue weighted by molar-refractivity contribution is -0.429. The van der Waals surface area contributed by atoms with Crippen molar-refractivity contribution in [3.05, 3.63) is 133 Å². The Morgan fingerprint density at radius 2 is 1.51 bits per heavy atom. The second kappa shape index (κ2) is 10.2. The summed E-state index contributed by atoms with van der Waals surface area (Å²) in [5, 5.41) is 2.20. The molecule has 6 heteroatoms. The highest BCUT2D eigenvalue weighted by atomic mass is 16.5. The molecule has 0 saturated heterocycles. The molecule has 0 atom stereocenters. The third-order valence-corrected chi connectivity index (χ3v) is 8.30. The Balaban J connectivity index is 1.34. The Labute approximate surface area is 265 Å². The van der Waals surface area contributed by atoms with E-state index in [1.54, 1.807) is 10.8 Å². The van der Waals surface area contributed by atoms with E-state index in [-0.39, 0.29) is 5.41 Å². The third-order valence-electron chi connectivity index (χ3n) is 8.30. The van der Waals surface area contributed by atoms with E-state index < -0.39 is 6.98 Å². The van der Waals surface area contributed by atoms with Crippen molar-refractivity contribution in [1.29, 1.82) is 0 Å². The number of benzene rings is 4. The highest BCUT2D eigenvalue weighted by Crippen LogP contribution is 2.42. The molecule has 0 saturated carbocycles. The lowest BCUT2D eigenvalue weighted by atomic mass is 9.88. The third kappa shape index (κ3) is 4.55. The van der Waals surface area contributed by atoms with Crippen molar-refractivity contribution in [1.82, 2.24) is 14.1 Å². The molecule has 0 fully saturated rings. The molecule has 1 aliphatic rings. The van der Waals surface area contributed by atoms with Crippen LogP contribution in [0.5, 0.6) is 11.5 Å². The molecular weight excluding hydrogens is 554 g/mol. The predicted octanol–water partition coefficient (Wildman–Crippen LogP) is 9.16. The first-order valence-electron chi connectivity index (χ1n) is 16.5. The number of aromatic nitrogens is 3. The first-order chi connectivity index (χ1) is 23.1. The highest BCUT2D eigenvalue weighted by Gasteiger charge is 2.24. The highest BCUT2D eigenvalue weighted by molar-refractivity contribution is 6.20. The SMILES string of the molecule is [2H]C([2H])([2H])[N+]1=C=[N+](c2cccc(Oc3ccc4c(c3)n(-c3cc(C(C)(C)C)ccn3)c3c5ccccc5n(-c5ccccc5)c43)c2)C=C1. The van der Waals surface area contributed by atoms with Crippen LogP contribution >= 0.6 is 0 Å². The molecule has 4 aromatic carbocycles. The van der Waals surface area contributed by atoms with Gasteiger partial charge >= 0.3 is 6.01 Å². The van der Waals surface area contributed by atoms with Crippen LogP contribution in [0, 0.1) is 0 Å². The van der Waals surface area contributed by atoms with E-state index in [1.165, 1.54) is 11.8 Å². The van der Waals surface area contributed by atoms with E-state index in [0.717, 1.165) is 54.6 Å². The summed E-state index contributed by atoms with van der Waals surface area (Å²) in [7, 11) is 0. The standard InChI is InChI=1S/C39H33N5O/c1-39(2,3)27-19-20-40-36(23-27)44-35-25-31(45-30-14-10-13-29(24-30)42-22-21-41(4)26-42)17-18-33(35)37-38(44)32-15-8-9-16-34(32)43(37)28-11-6-5-7-12-28/h5-25H,1-4H3/q+2/i4D3. The van der Waals surface area contributed by atoms with Crippen LogP contribution in [0.4, 0.5) is 5.69 Å². The van der Waals surface area contributed by atoms with Gasteiger partial charge in [-0.25, -0.2) is 4.98 Å². The van der Waals surface area contributed by atoms with Gasteiger partial charge in [0.1, 0.15) is 21.4 Å². The first-order valence-corrected chi connectivity index (χ1v) is 15.0. The molecule has 4 heterocycles. The Bertz CT molecular complexity index is 2490. The number of nitrogens with zero attached hydrogens (tertiary/aromatic N) is 5. The van der Waals surface area contributed by atoms with Gasteiger partial charge in [0.15, 0.2) is 6.98 Å². The molecule has 6 nitrogen and oxygen atoms in total. The molecular formula is C39H33N5O+2. The maximum Gasteiger partial charge on any atom is 0.495 e. The number of pyridine rings is 1. The van der Waals surface area contributed by atoms with Crippen LogP contribution in [0.25, 0.3) is 44.3 Å². The van der Waals surface area contributed by atoms with E-state index in [9.17, 15) is 0 Å². The van der Waals surface area contributed by atoms with Crippen LogP contribution in [0.2, 0.25) is 0 Å². The minimum Gasteiger partial charge on any atom is -0.457 e. The van der Waals surface area contributed by atoms with Gasteiger partial charge in [0, 0.05) is 34.8 Å². The van der Waals surface area contributed by atoms with E-state index in [2.05, 4.69) is 109 Å². The van der Waals surface area contributed by atoms with Gasteiger partial charge in [0.2, 0.25) is 11.9 Å². The number of para-hydroxylation sites is 2. The summed E-state index contributed by atoms with van der Waals surface area (Å²) in [6.07, 6.45) is 5.05. The summed E-state index contributed by atoms with van der Waals surface area (Å²) in [4.78, 5) is 4.93. The normalized spacial score (nSPS) is 14.4. The van der Waals surface area contributed by atoms with Gasteiger partial charge in [-0.1, -0.05) is 72.4 Å². The Hall–Kier alpha value is -5.71. The van der Waals surface area contributed by atoms with E-state index in [0.29, 0.717) is 11.5 Å². The summed E-state index contributed by atoms with van der Waals surface area (Å²) in [6.45, 7) is 4.34. The van der Waals surface area contributed by atoms with E-state index >= 15 is 0 Å². The Morgan fingerprint density at radius 3 is 2.33 bits per heavy atom. The maximum absolute atomic E-state index is 7.68. The van der Waals surface area contributed by atoms with Crippen molar-refractivity contribution < 1.29 is 18.0 Å². The summed E-state index contributed by atoms with van der Waals surface area (Å²) >= 11 is 0. The number of hydrogen-bond acceptors (Lipinski definition) is 2. The van der Waals surface area contributed by atoms with Crippen LogP contribution in [0.15, 0.2) is 128 Å². The van der Waals surface area contributed by atoms with Crippen molar-refractivity contribution in [3.63, 3.8) is 0 Å². The Morgan fingerprint density at radius 1 is 0.733 bits per heavy atom. The molecule has 8 rings (SSSR count). The van der Waals surface area contributed by atoms with Crippen LogP contribution in [0.3, 0.4) is 0 Å². The average Bonchev–Trinajstić information content (AvgIpc) is 3.78. The van der Waals surface area contributed by atoms with Crippen LogP contribution in [-0.4, -0.2) is 36.3 Å². The van der Waals surface area contributed by atoms with E-state index in [4.69, 9.17) is 13.8 Å². The van der Waals surface area contributed by atoms with Gasteiger partial charge in [-0.15, -0.1) is 0 Å². The predicted molar refractivity (Wildman–Crippen MR) is 181 cm³/mol. The van der Waals surface area contributed by atoms with Gasteiger partial charge in [-0.2, -0.15) is 0 Å². The summed E-state index contributed by atoms with van der Waals surface area (Å²) in [6, 6.07) is 39.8. The van der Waals surface area contributed by atoms with Gasteiger partial charge in [0.05, 0.1) is 28.1 Å². The number of ether oxygens (including phenoxy) is 1. The number of fused-ring (bicyclic) bond motifs is 5. The lowest BCUT2D eigenvalue weighted by Gasteiger charge is -2.20. The molecule has 0 aliphatic carbocycles. The van der Waals surface area contributed by atoms with Crippen molar-refractivity contribution in [3.8, 4) is 23.0 Å². The van der Waals surface area contributed by atoms with Gasteiger partial charge in [0.25, 0.3) is 6.20 Å². The number of rotatable bonds is 5. The van der Waals surface area contributed by atoms with Crippen LogP contribution < -0.4 is 4.74 Å². The van der Waals surface area contributed by atoms with Crippen molar-refractivity contribution in [2.75, 3.05) is 6.98 Å². The van der Waals surface area contributed by atoms with Crippen molar-refractivity contribution >= 4 is 44.5 Å². The van der Waals surface area contributed by atoms with Gasteiger partial charge < -0.3 is 9.30 Å².